The zero-order valence-electron chi connectivity index (χ0n) is 15.3. The third-order valence-electron chi connectivity index (χ3n) is 4.87. The lowest BCUT2D eigenvalue weighted by Crippen LogP contribution is -2.41. The Hall–Kier alpha value is -3.55. The molecule has 1 fully saturated rings. The predicted molar refractivity (Wildman–Crippen MR) is 99.0 cm³/mol. The van der Waals surface area contributed by atoms with Crippen molar-refractivity contribution >= 4 is 17.6 Å². The summed E-state index contributed by atoms with van der Waals surface area (Å²) in [6.07, 6.45) is 1.66. The number of halogens is 1. The van der Waals surface area contributed by atoms with E-state index in [1.54, 1.807) is 18.3 Å². The van der Waals surface area contributed by atoms with Gasteiger partial charge in [-0.05, 0) is 31.5 Å². The maximum absolute atomic E-state index is 14.2. The van der Waals surface area contributed by atoms with Gasteiger partial charge < -0.3 is 5.32 Å². The molecule has 8 heteroatoms. The van der Waals surface area contributed by atoms with Crippen LogP contribution in [0, 0.1) is 12.7 Å². The number of fused-ring (bicyclic) bond motifs is 1. The molecule has 3 aromatic rings. The second kappa shape index (κ2) is 6.26. The Morgan fingerprint density at radius 2 is 1.89 bits per heavy atom. The van der Waals surface area contributed by atoms with Gasteiger partial charge >= 0.3 is 6.03 Å². The lowest BCUT2D eigenvalue weighted by atomic mass is 9.91. The largest absolute Gasteiger partial charge is 0.325 e. The molecule has 2 aromatic heterocycles. The molecule has 1 saturated heterocycles. The Kier molecular flexibility index (Phi) is 3.99. The number of carbonyl (C=O) groups excluding carboxylic acids is 2. The average molecular weight is 380 g/mol. The Labute approximate surface area is 159 Å². The van der Waals surface area contributed by atoms with Crippen LogP contribution >= 0.6 is 0 Å². The van der Waals surface area contributed by atoms with E-state index >= 15 is 0 Å². The number of imide groups is 1. The van der Waals surface area contributed by atoms with E-state index in [9.17, 15) is 18.8 Å². The van der Waals surface area contributed by atoms with Gasteiger partial charge in [0.25, 0.3) is 11.5 Å². The first-order valence-corrected chi connectivity index (χ1v) is 8.68. The summed E-state index contributed by atoms with van der Waals surface area (Å²) in [6, 6.07) is 9.92. The standard InChI is InChI=1S/C20H17FN4O3/c1-12-7-8-16-22-13(9-17(26)24(16)10-12)11-25-18(27)20(2,23-19(25)28)14-5-3-4-6-15(14)21/h3-10H,11H2,1-2H3,(H,23,28). The highest BCUT2D eigenvalue weighted by Crippen LogP contribution is 2.31. The predicted octanol–water partition coefficient (Wildman–Crippen LogP) is 2.11. The highest BCUT2D eigenvalue weighted by Gasteiger charge is 2.50. The van der Waals surface area contributed by atoms with Crippen LogP contribution in [0.3, 0.4) is 0 Å². The average Bonchev–Trinajstić information content (AvgIpc) is 2.87. The molecule has 1 atom stereocenters. The van der Waals surface area contributed by atoms with E-state index in [0.29, 0.717) is 5.65 Å². The number of benzene rings is 1. The normalized spacial score (nSPS) is 19.3. The Morgan fingerprint density at radius 3 is 2.64 bits per heavy atom. The van der Waals surface area contributed by atoms with Gasteiger partial charge in [0.15, 0.2) is 0 Å². The number of amides is 3. The van der Waals surface area contributed by atoms with E-state index < -0.39 is 23.3 Å². The summed E-state index contributed by atoms with van der Waals surface area (Å²) in [7, 11) is 0. The SMILES string of the molecule is Cc1ccc2nc(CN3C(=O)NC(C)(c4ccccc4F)C3=O)cc(=O)n2c1. The Morgan fingerprint density at radius 1 is 1.14 bits per heavy atom. The van der Waals surface area contributed by atoms with E-state index in [1.165, 1.54) is 35.6 Å². The Bertz CT molecular complexity index is 1190. The van der Waals surface area contributed by atoms with Crippen LogP contribution in [0.15, 0.2) is 53.5 Å². The number of pyridine rings is 1. The minimum Gasteiger partial charge on any atom is -0.319 e. The molecule has 0 spiro atoms. The lowest BCUT2D eigenvalue weighted by molar-refractivity contribution is -0.131. The van der Waals surface area contributed by atoms with Gasteiger partial charge in [0.05, 0.1) is 12.2 Å². The molecule has 0 radical (unpaired) electrons. The Balaban J connectivity index is 1.69. The molecule has 142 valence electrons. The fourth-order valence-electron chi connectivity index (χ4n) is 3.39. The van der Waals surface area contributed by atoms with Gasteiger partial charge in [-0.25, -0.2) is 14.2 Å². The maximum atomic E-state index is 14.2. The minimum absolute atomic E-state index is 0.0814. The highest BCUT2D eigenvalue weighted by atomic mass is 19.1. The zero-order chi connectivity index (χ0) is 20.1. The third-order valence-corrected chi connectivity index (χ3v) is 4.87. The molecule has 28 heavy (non-hydrogen) atoms. The summed E-state index contributed by atoms with van der Waals surface area (Å²) in [5.74, 6) is -1.19. The molecule has 7 nitrogen and oxygen atoms in total. The molecule has 4 rings (SSSR count). The molecule has 0 saturated carbocycles. The summed E-state index contributed by atoms with van der Waals surface area (Å²) in [6.45, 7) is 3.13. The number of hydrogen-bond acceptors (Lipinski definition) is 4. The first-order valence-electron chi connectivity index (χ1n) is 8.68. The highest BCUT2D eigenvalue weighted by molar-refractivity contribution is 6.07. The minimum atomic E-state index is -1.52. The van der Waals surface area contributed by atoms with Crippen LogP contribution in [0.1, 0.15) is 23.7 Å². The fourth-order valence-corrected chi connectivity index (χ4v) is 3.39. The van der Waals surface area contributed by atoms with Crippen molar-refractivity contribution in [3.63, 3.8) is 0 Å². The van der Waals surface area contributed by atoms with Crippen molar-refractivity contribution in [2.24, 2.45) is 0 Å². The van der Waals surface area contributed by atoms with E-state index in [0.717, 1.165) is 10.5 Å². The van der Waals surface area contributed by atoms with Gasteiger partial charge in [-0.3, -0.25) is 18.9 Å². The van der Waals surface area contributed by atoms with Crippen LogP contribution in [0.5, 0.6) is 0 Å². The molecular formula is C20H17FN4O3. The third kappa shape index (κ3) is 2.74. The second-order valence-corrected chi connectivity index (χ2v) is 6.95. The monoisotopic (exact) mass is 380 g/mol. The van der Waals surface area contributed by atoms with Crippen molar-refractivity contribution in [3.05, 3.63) is 81.7 Å². The zero-order valence-corrected chi connectivity index (χ0v) is 15.3. The molecular weight excluding hydrogens is 363 g/mol. The van der Waals surface area contributed by atoms with Crippen LogP contribution in [0.4, 0.5) is 9.18 Å². The lowest BCUT2D eigenvalue weighted by Gasteiger charge is -2.22. The van der Waals surface area contributed by atoms with E-state index in [4.69, 9.17) is 0 Å². The van der Waals surface area contributed by atoms with Crippen molar-refractivity contribution in [1.82, 2.24) is 19.6 Å². The molecule has 3 amide bonds. The van der Waals surface area contributed by atoms with Gasteiger partial charge in [0.2, 0.25) is 0 Å². The van der Waals surface area contributed by atoms with Gasteiger partial charge in [0.1, 0.15) is 17.0 Å². The molecule has 3 heterocycles. The number of carbonyl (C=O) groups is 2. The van der Waals surface area contributed by atoms with Crippen LogP contribution in [-0.4, -0.2) is 26.2 Å². The number of nitrogens with one attached hydrogen (secondary N) is 1. The van der Waals surface area contributed by atoms with E-state index in [2.05, 4.69) is 10.3 Å². The first-order chi connectivity index (χ1) is 13.3. The smallest absolute Gasteiger partial charge is 0.319 e. The molecule has 0 aliphatic carbocycles. The number of hydrogen-bond donors (Lipinski definition) is 1. The second-order valence-electron chi connectivity index (χ2n) is 6.95. The number of rotatable bonds is 3. The van der Waals surface area contributed by atoms with Crippen LogP contribution < -0.4 is 10.9 Å². The van der Waals surface area contributed by atoms with E-state index in [1.807, 2.05) is 13.0 Å². The summed E-state index contributed by atoms with van der Waals surface area (Å²) in [4.78, 5) is 43.1. The summed E-state index contributed by atoms with van der Waals surface area (Å²) in [5, 5.41) is 2.55. The number of aryl methyl sites for hydroxylation is 1. The van der Waals surface area contributed by atoms with Crippen molar-refractivity contribution in [2.45, 2.75) is 25.9 Å². The van der Waals surface area contributed by atoms with Crippen molar-refractivity contribution in [2.75, 3.05) is 0 Å². The van der Waals surface area contributed by atoms with Crippen molar-refractivity contribution < 1.29 is 14.0 Å². The van der Waals surface area contributed by atoms with E-state index in [-0.39, 0.29) is 23.4 Å². The van der Waals surface area contributed by atoms with Crippen LogP contribution in [0.25, 0.3) is 5.65 Å². The summed E-state index contributed by atoms with van der Waals surface area (Å²) in [5.41, 5.74) is -0.164. The maximum Gasteiger partial charge on any atom is 0.325 e. The van der Waals surface area contributed by atoms with Gasteiger partial charge in [-0.15, -0.1) is 0 Å². The number of urea groups is 1. The molecule has 1 unspecified atom stereocenters. The van der Waals surface area contributed by atoms with Crippen LogP contribution in [-0.2, 0) is 16.9 Å². The number of aromatic nitrogens is 2. The topological polar surface area (TPSA) is 83.8 Å². The molecule has 1 N–H and O–H groups in total. The molecule has 1 aromatic carbocycles. The fraction of sp³-hybridized carbons (Fsp3) is 0.200. The quantitative estimate of drug-likeness (QED) is 0.706. The van der Waals surface area contributed by atoms with Crippen molar-refractivity contribution in [3.8, 4) is 0 Å². The van der Waals surface area contributed by atoms with Crippen LogP contribution in [0.2, 0.25) is 0 Å². The number of nitrogens with zero attached hydrogens (tertiary/aromatic N) is 3. The summed E-state index contributed by atoms with van der Waals surface area (Å²) < 4.78 is 15.6. The molecule has 1 aliphatic heterocycles. The molecule has 0 bridgehead atoms. The summed E-state index contributed by atoms with van der Waals surface area (Å²) >= 11 is 0. The van der Waals surface area contributed by atoms with Gasteiger partial charge in [0, 0.05) is 17.8 Å². The van der Waals surface area contributed by atoms with Gasteiger partial charge in [-0.1, -0.05) is 24.3 Å². The first kappa shape index (κ1) is 17.8. The molecule has 1 aliphatic rings. The van der Waals surface area contributed by atoms with Crippen molar-refractivity contribution in [1.29, 1.82) is 0 Å². The van der Waals surface area contributed by atoms with Gasteiger partial charge in [-0.2, -0.15) is 0 Å².